The Labute approximate surface area is 221 Å². The van der Waals surface area contributed by atoms with E-state index >= 15 is 4.39 Å². The molecule has 0 aliphatic carbocycles. The molecule has 0 amide bonds. The van der Waals surface area contributed by atoms with Crippen molar-refractivity contribution < 1.29 is 23.8 Å². The predicted octanol–water partition coefficient (Wildman–Crippen LogP) is 5.00. The number of aliphatic imine (C=N–C) groups is 1. The molecule has 2 heterocycles. The maximum Gasteiger partial charge on any atom is 0.305 e. The number of carboxylic acids is 1. The van der Waals surface area contributed by atoms with Crippen LogP contribution >= 0.6 is 0 Å². The van der Waals surface area contributed by atoms with Crippen LogP contribution in [0.25, 0.3) is 0 Å². The number of piperazine rings is 1. The van der Waals surface area contributed by atoms with Gasteiger partial charge in [-0.2, -0.15) is 0 Å². The number of halogens is 1. The predicted molar refractivity (Wildman–Crippen MR) is 145 cm³/mol. The fraction of sp³-hybridized carbons (Fsp3) is 0.310. The van der Waals surface area contributed by atoms with Gasteiger partial charge in [0.1, 0.15) is 23.0 Å². The number of rotatable bonds is 6. The van der Waals surface area contributed by atoms with E-state index in [1.165, 1.54) is 6.07 Å². The summed E-state index contributed by atoms with van der Waals surface area (Å²) in [5.41, 5.74) is 3.47. The van der Waals surface area contributed by atoms with E-state index in [4.69, 9.17) is 14.5 Å². The first kappa shape index (κ1) is 25.4. The highest BCUT2D eigenvalue weighted by Gasteiger charge is 2.38. The lowest BCUT2D eigenvalue weighted by molar-refractivity contribution is -0.137. The van der Waals surface area contributed by atoms with E-state index in [1.807, 2.05) is 48.2 Å². The van der Waals surface area contributed by atoms with Crippen LogP contribution in [-0.4, -0.2) is 62.3 Å². The number of aryl methyl sites for hydroxylation is 1. The Morgan fingerprint density at radius 3 is 2.45 bits per heavy atom. The van der Waals surface area contributed by atoms with Crippen LogP contribution in [0.2, 0.25) is 0 Å². The second kappa shape index (κ2) is 10.6. The summed E-state index contributed by atoms with van der Waals surface area (Å²) >= 11 is 0. The van der Waals surface area contributed by atoms with E-state index in [1.54, 1.807) is 26.4 Å². The molecule has 2 aliphatic rings. The Morgan fingerprint density at radius 1 is 1.00 bits per heavy atom. The van der Waals surface area contributed by atoms with E-state index < -0.39 is 17.8 Å². The number of ether oxygens (including phenoxy) is 2. The molecule has 2 aliphatic heterocycles. The van der Waals surface area contributed by atoms with Crippen LogP contribution in [0.4, 0.5) is 21.5 Å². The van der Waals surface area contributed by atoms with Gasteiger partial charge in [-0.3, -0.25) is 4.79 Å². The van der Waals surface area contributed by atoms with Gasteiger partial charge in [-0.15, -0.1) is 0 Å². The molecule has 3 aromatic carbocycles. The quantitative estimate of drug-likeness (QED) is 0.492. The molecular formula is C29H31FN4O4. The summed E-state index contributed by atoms with van der Waals surface area (Å²) in [5, 5.41) is 9.88. The van der Waals surface area contributed by atoms with E-state index in [2.05, 4.69) is 15.9 Å². The molecule has 1 atom stereocenters. The van der Waals surface area contributed by atoms with Gasteiger partial charge in [0, 0.05) is 43.5 Å². The van der Waals surface area contributed by atoms with Crippen LogP contribution in [0.1, 0.15) is 23.6 Å². The Bertz CT molecular complexity index is 1370. The number of hydrogen-bond donors (Lipinski definition) is 1. The van der Waals surface area contributed by atoms with Crippen molar-refractivity contribution in [3.05, 3.63) is 77.6 Å². The summed E-state index contributed by atoms with van der Waals surface area (Å²) in [6.45, 7) is 4.61. The molecule has 0 spiro atoms. The molecule has 5 rings (SSSR count). The average Bonchev–Trinajstić information content (AvgIpc) is 2.93. The van der Waals surface area contributed by atoms with Gasteiger partial charge in [-0.1, -0.05) is 24.3 Å². The lowest BCUT2D eigenvalue weighted by Crippen LogP contribution is -2.55. The number of aliphatic carboxylic acids is 1. The SMILES string of the molecule is COc1cccc(N2CCN(C3=Nc4c(F)cccc4[C@H](CC(=O)O)N3c3cc(C)ccc3OC)CC2)c1. The number of carboxylic acid groups (broad SMARTS) is 1. The molecular weight excluding hydrogens is 487 g/mol. The zero-order valence-electron chi connectivity index (χ0n) is 21.7. The molecule has 0 bridgehead atoms. The zero-order chi connectivity index (χ0) is 26.8. The Kier molecular flexibility index (Phi) is 7.09. The normalized spacial score (nSPS) is 17.1. The monoisotopic (exact) mass is 518 g/mol. The Balaban J connectivity index is 1.56. The number of fused-ring (bicyclic) bond motifs is 1. The lowest BCUT2D eigenvalue weighted by Gasteiger charge is -2.45. The number of anilines is 2. The van der Waals surface area contributed by atoms with Gasteiger partial charge >= 0.3 is 5.97 Å². The van der Waals surface area contributed by atoms with Gasteiger partial charge < -0.3 is 29.3 Å². The first-order valence-corrected chi connectivity index (χ1v) is 12.6. The second-order valence-corrected chi connectivity index (χ2v) is 9.42. The van der Waals surface area contributed by atoms with Crippen molar-refractivity contribution in [2.75, 3.05) is 50.2 Å². The standard InChI is InChI=1S/C29H31FN4O4/c1-19-10-11-26(38-3)25(16-19)34-24(18-27(35)36)22-8-5-9-23(30)28(22)31-29(34)33-14-12-32(13-15-33)20-6-4-7-21(17-20)37-2/h4-11,16-17,24H,12-15,18H2,1-3H3,(H,35,36)/t24-/m0/s1. The van der Waals surface area contributed by atoms with Crippen molar-refractivity contribution in [1.82, 2.24) is 4.90 Å². The Hall–Kier alpha value is -4.27. The van der Waals surface area contributed by atoms with Crippen LogP contribution in [0.15, 0.2) is 65.7 Å². The molecule has 0 radical (unpaired) electrons. The number of guanidine groups is 1. The third kappa shape index (κ3) is 4.83. The van der Waals surface area contributed by atoms with Crippen LogP contribution in [-0.2, 0) is 4.79 Å². The molecule has 3 aromatic rings. The van der Waals surface area contributed by atoms with Crippen LogP contribution in [0.5, 0.6) is 11.5 Å². The van der Waals surface area contributed by atoms with Crippen molar-refractivity contribution >= 4 is 29.0 Å². The molecule has 38 heavy (non-hydrogen) atoms. The Morgan fingerprint density at radius 2 is 1.74 bits per heavy atom. The summed E-state index contributed by atoms with van der Waals surface area (Å²) in [6, 6.07) is 17.7. The number of methoxy groups -OCH3 is 2. The number of hydrogen-bond acceptors (Lipinski definition) is 7. The van der Waals surface area contributed by atoms with E-state index in [0.29, 0.717) is 49.1 Å². The highest BCUT2D eigenvalue weighted by atomic mass is 19.1. The number of carbonyl (C=O) groups is 1. The molecule has 0 saturated carbocycles. The van der Waals surface area contributed by atoms with Crippen LogP contribution in [0, 0.1) is 12.7 Å². The van der Waals surface area contributed by atoms with Gasteiger partial charge in [0.25, 0.3) is 0 Å². The van der Waals surface area contributed by atoms with Crippen molar-refractivity contribution in [3.63, 3.8) is 0 Å². The molecule has 0 unspecified atom stereocenters. The minimum Gasteiger partial charge on any atom is -0.497 e. The van der Waals surface area contributed by atoms with Gasteiger partial charge in [0.05, 0.1) is 32.4 Å². The number of para-hydroxylation sites is 1. The smallest absolute Gasteiger partial charge is 0.305 e. The highest BCUT2D eigenvalue weighted by Crippen LogP contribution is 2.44. The van der Waals surface area contributed by atoms with Gasteiger partial charge in [0.15, 0.2) is 0 Å². The van der Waals surface area contributed by atoms with E-state index in [9.17, 15) is 9.90 Å². The molecule has 1 fully saturated rings. The molecule has 0 aromatic heterocycles. The van der Waals surface area contributed by atoms with Crippen LogP contribution < -0.4 is 19.3 Å². The highest BCUT2D eigenvalue weighted by molar-refractivity contribution is 6.02. The van der Waals surface area contributed by atoms with Crippen molar-refractivity contribution in [3.8, 4) is 11.5 Å². The van der Waals surface area contributed by atoms with Gasteiger partial charge in [-0.05, 0) is 42.8 Å². The van der Waals surface area contributed by atoms with E-state index in [0.717, 1.165) is 17.0 Å². The summed E-state index contributed by atoms with van der Waals surface area (Å²) < 4.78 is 26.2. The lowest BCUT2D eigenvalue weighted by atomic mass is 9.96. The molecule has 1 saturated heterocycles. The molecule has 1 N–H and O–H groups in total. The molecule has 8 nitrogen and oxygen atoms in total. The average molecular weight is 519 g/mol. The van der Waals surface area contributed by atoms with Crippen molar-refractivity contribution in [2.45, 2.75) is 19.4 Å². The zero-order valence-corrected chi connectivity index (χ0v) is 21.7. The second-order valence-electron chi connectivity index (χ2n) is 9.42. The number of benzene rings is 3. The largest absolute Gasteiger partial charge is 0.497 e. The molecule has 198 valence electrons. The first-order valence-electron chi connectivity index (χ1n) is 12.6. The van der Waals surface area contributed by atoms with Gasteiger partial charge in [-0.25, -0.2) is 9.38 Å². The minimum atomic E-state index is -0.981. The summed E-state index contributed by atoms with van der Waals surface area (Å²) in [5.74, 6) is 0.451. The summed E-state index contributed by atoms with van der Waals surface area (Å²) in [4.78, 5) is 23.2. The summed E-state index contributed by atoms with van der Waals surface area (Å²) in [6.07, 6.45) is -0.226. The summed E-state index contributed by atoms with van der Waals surface area (Å²) in [7, 11) is 3.23. The fourth-order valence-electron chi connectivity index (χ4n) is 5.18. The number of nitrogens with zero attached hydrogens (tertiary/aromatic N) is 4. The first-order chi connectivity index (χ1) is 18.4. The fourth-order valence-corrected chi connectivity index (χ4v) is 5.18. The third-order valence-electron chi connectivity index (χ3n) is 7.06. The molecule has 9 heteroatoms. The topological polar surface area (TPSA) is 77.8 Å². The van der Waals surface area contributed by atoms with Gasteiger partial charge in [0.2, 0.25) is 5.96 Å². The van der Waals surface area contributed by atoms with Crippen molar-refractivity contribution in [1.29, 1.82) is 0 Å². The van der Waals surface area contributed by atoms with Crippen LogP contribution in [0.3, 0.4) is 0 Å². The maximum absolute atomic E-state index is 15.1. The van der Waals surface area contributed by atoms with E-state index in [-0.39, 0.29) is 12.1 Å². The minimum absolute atomic E-state index is 0.187. The van der Waals surface area contributed by atoms with Crippen molar-refractivity contribution in [2.24, 2.45) is 4.99 Å². The third-order valence-corrected chi connectivity index (χ3v) is 7.06. The maximum atomic E-state index is 15.1.